The van der Waals surface area contributed by atoms with E-state index < -0.39 is 0 Å². The smallest absolute Gasteiger partial charge is 0.0995 e. The number of thiocarbonyl (C=S) groups is 1. The molecule has 0 spiro atoms. The maximum Gasteiger partial charge on any atom is 0.0995 e. The van der Waals surface area contributed by atoms with Gasteiger partial charge in [0.1, 0.15) is 0 Å². The van der Waals surface area contributed by atoms with Crippen LogP contribution in [0.3, 0.4) is 0 Å². The van der Waals surface area contributed by atoms with Crippen molar-refractivity contribution in [2.24, 2.45) is 4.99 Å². The van der Waals surface area contributed by atoms with Crippen molar-refractivity contribution in [3.8, 4) is 6.07 Å². The number of hydrogen-bond acceptors (Lipinski definition) is 3. The van der Waals surface area contributed by atoms with Crippen LogP contribution in [0.1, 0.15) is 11.1 Å². The highest BCUT2D eigenvalue weighted by Gasteiger charge is 1.96. The van der Waals surface area contributed by atoms with E-state index in [1.807, 2.05) is 13.0 Å². The van der Waals surface area contributed by atoms with Gasteiger partial charge in [0.2, 0.25) is 0 Å². The second-order valence-corrected chi connectivity index (χ2v) is 2.50. The van der Waals surface area contributed by atoms with Gasteiger partial charge in [-0.25, -0.2) is 0 Å². The third-order valence-corrected chi connectivity index (χ3v) is 1.61. The average Bonchev–Trinajstić information content (AvgIpc) is 2.09. The predicted molar refractivity (Wildman–Crippen MR) is 50.6 cm³/mol. The van der Waals surface area contributed by atoms with Gasteiger partial charge >= 0.3 is 0 Å². The molecular formula is C9H6N2S. The average molecular weight is 174 g/mol. The van der Waals surface area contributed by atoms with Crippen LogP contribution < -0.4 is 0 Å². The molecule has 0 N–H and O–H groups in total. The molecule has 1 aromatic rings. The van der Waals surface area contributed by atoms with E-state index in [2.05, 4.69) is 28.4 Å². The van der Waals surface area contributed by atoms with Crippen molar-refractivity contribution in [1.82, 2.24) is 0 Å². The van der Waals surface area contributed by atoms with Gasteiger partial charge in [-0.05, 0) is 36.8 Å². The fourth-order valence-electron chi connectivity index (χ4n) is 0.853. The van der Waals surface area contributed by atoms with Gasteiger partial charge in [-0.2, -0.15) is 10.3 Å². The topological polar surface area (TPSA) is 36.1 Å². The summed E-state index contributed by atoms with van der Waals surface area (Å²) in [7, 11) is 0. The zero-order valence-corrected chi connectivity index (χ0v) is 7.35. The lowest BCUT2D eigenvalue weighted by molar-refractivity contribution is 1.38. The highest BCUT2D eigenvalue weighted by molar-refractivity contribution is 7.78. The Hall–Kier alpha value is -1.49. The van der Waals surface area contributed by atoms with Gasteiger partial charge in [0, 0.05) is 0 Å². The molecule has 0 fully saturated rings. The van der Waals surface area contributed by atoms with E-state index in [-0.39, 0.29) is 0 Å². The molecule has 0 aliphatic carbocycles. The summed E-state index contributed by atoms with van der Waals surface area (Å²) < 4.78 is 0. The van der Waals surface area contributed by atoms with E-state index >= 15 is 0 Å². The van der Waals surface area contributed by atoms with E-state index in [0.29, 0.717) is 11.3 Å². The molecule has 58 valence electrons. The summed E-state index contributed by atoms with van der Waals surface area (Å²) in [5.74, 6) is 0. The van der Waals surface area contributed by atoms with Crippen LogP contribution in [0.25, 0.3) is 0 Å². The minimum atomic E-state index is 0.626. The van der Waals surface area contributed by atoms with Crippen LogP contribution in [0.4, 0.5) is 5.69 Å². The molecule has 0 aromatic heterocycles. The van der Waals surface area contributed by atoms with Crippen LogP contribution in [-0.4, -0.2) is 5.16 Å². The number of benzene rings is 1. The Morgan fingerprint density at radius 3 is 2.83 bits per heavy atom. The first-order valence-electron chi connectivity index (χ1n) is 3.36. The molecular weight excluding hydrogens is 168 g/mol. The summed E-state index contributed by atoms with van der Waals surface area (Å²) in [6, 6.07) is 7.40. The first-order valence-corrected chi connectivity index (χ1v) is 3.77. The molecule has 0 saturated carbocycles. The summed E-state index contributed by atoms with van der Waals surface area (Å²) in [6.45, 7) is 1.88. The molecule has 0 saturated heterocycles. The summed E-state index contributed by atoms with van der Waals surface area (Å²) in [5.41, 5.74) is 2.24. The molecule has 1 aromatic carbocycles. The molecule has 1 rings (SSSR count). The quantitative estimate of drug-likeness (QED) is 0.484. The Morgan fingerprint density at radius 2 is 2.25 bits per heavy atom. The standard InChI is InChI=1S/C9H6N2S/c1-7-2-3-9(11-6-12)4-8(7)5-10/h2-4H,1H3. The number of nitriles is 1. The summed E-state index contributed by atoms with van der Waals surface area (Å²) in [4.78, 5) is 3.77. The number of aryl methyl sites for hydroxylation is 1. The number of isothiocyanates is 1. The largest absolute Gasteiger partial charge is 0.195 e. The highest BCUT2D eigenvalue weighted by Crippen LogP contribution is 2.16. The Balaban J connectivity index is 3.24. The Morgan fingerprint density at radius 1 is 1.50 bits per heavy atom. The van der Waals surface area contributed by atoms with E-state index in [1.165, 1.54) is 0 Å². The number of aliphatic imine (C=N–C) groups is 1. The van der Waals surface area contributed by atoms with Gasteiger partial charge < -0.3 is 0 Å². The zero-order chi connectivity index (χ0) is 8.97. The monoisotopic (exact) mass is 174 g/mol. The second-order valence-electron chi connectivity index (χ2n) is 2.31. The lowest BCUT2D eigenvalue weighted by atomic mass is 10.1. The molecule has 0 radical (unpaired) electrons. The Labute approximate surface area is 76.2 Å². The predicted octanol–water partition coefficient (Wildman–Crippen LogP) is 2.60. The third-order valence-electron chi connectivity index (χ3n) is 1.52. The summed E-state index contributed by atoms with van der Waals surface area (Å²) in [6.07, 6.45) is 0. The number of rotatable bonds is 1. The van der Waals surface area contributed by atoms with Crippen LogP contribution in [0, 0.1) is 18.3 Å². The van der Waals surface area contributed by atoms with Crippen LogP contribution in [0.2, 0.25) is 0 Å². The molecule has 0 atom stereocenters. The van der Waals surface area contributed by atoms with E-state index in [0.717, 1.165) is 5.56 Å². The van der Waals surface area contributed by atoms with Gasteiger partial charge in [-0.15, -0.1) is 0 Å². The van der Waals surface area contributed by atoms with Crippen LogP contribution >= 0.6 is 12.2 Å². The fraction of sp³-hybridized carbons (Fsp3) is 0.111. The van der Waals surface area contributed by atoms with Gasteiger partial charge in [-0.1, -0.05) is 6.07 Å². The first kappa shape index (κ1) is 8.61. The zero-order valence-electron chi connectivity index (χ0n) is 6.53. The van der Waals surface area contributed by atoms with Gasteiger partial charge in [-0.3, -0.25) is 0 Å². The van der Waals surface area contributed by atoms with Gasteiger partial charge in [0.05, 0.1) is 22.5 Å². The molecule has 3 heteroatoms. The SMILES string of the molecule is Cc1ccc(N=C=S)cc1C#N. The molecule has 0 aliphatic rings. The van der Waals surface area contributed by atoms with Crippen LogP contribution in [0.15, 0.2) is 23.2 Å². The van der Waals surface area contributed by atoms with E-state index in [4.69, 9.17) is 5.26 Å². The molecule has 12 heavy (non-hydrogen) atoms. The van der Waals surface area contributed by atoms with Crippen molar-refractivity contribution in [2.45, 2.75) is 6.92 Å². The van der Waals surface area contributed by atoms with Crippen LogP contribution in [0.5, 0.6) is 0 Å². The second kappa shape index (κ2) is 3.77. The van der Waals surface area contributed by atoms with Crippen molar-refractivity contribution in [2.75, 3.05) is 0 Å². The maximum atomic E-state index is 8.67. The molecule has 0 amide bonds. The fourth-order valence-corrected chi connectivity index (χ4v) is 0.958. The Kier molecular flexibility index (Phi) is 2.71. The molecule has 0 bridgehead atoms. The number of nitrogens with zero attached hydrogens (tertiary/aromatic N) is 2. The lowest BCUT2D eigenvalue weighted by Gasteiger charge is -1.95. The number of hydrogen-bond donors (Lipinski definition) is 0. The van der Waals surface area contributed by atoms with Crippen molar-refractivity contribution in [3.05, 3.63) is 29.3 Å². The minimum absolute atomic E-state index is 0.626. The Bertz CT molecular complexity index is 384. The lowest BCUT2D eigenvalue weighted by Crippen LogP contribution is -1.79. The highest BCUT2D eigenvalue weighted by atomic mass is 32.1. The van der Waals surface area contributed by atoms with Gasteiger partial charge in [0.25, 0.3) is 0 Å². The normalized spacial score (nSPS) is 8.33. The van der Waals surface area contributed by atoms with E-state index in [9.17, 15) is 0 Å². The first-order chi connectivity index (χ1) is 5.77. The van der Waals surface area contributed by atoms with Crippen molar-refractivity contribution < 1.29 is 0 Å². The summed E-state index contributed by atoms with van der Waals surface area (Å²) >= 11 is 4.45. The molecule has 2 nitrogen and oxygen atoms in total. The minimum Gasteiger partial charge on any atom is -0.195 e. The van der Waals surface area contributed by atoms with Crippen molar-refractivity contribution in [1.29, 1.82) is 5.26 Å². The van der Waals surface area contributed by atoms with E-state index in [1.54, 1.807) is 12.1 Å². The third kappa shape index (κ3) is 1.76. The van der Waals surface area contributed by atoms with Gasteiger partial charge in [0.15, 0.2) is 0 Å². The molecule has 0 heterocycles. The maximum absolute atomic E-state index is 8.67. The molecule has 0 unspecified atom stereocenters. The van der Waals surface area contributed by atoms with Crippen molar-refractivity contribution in [3.63, 3.8) is 0 Å². The van der Waals surface area contributed by atoms with Crippen molar-refractivity contribution >= 4 is 23.1 Å². The van der Waals surface area contributed by atoms with Crippen LogP contribution in [-0.2, 0) is 0 Å². The summed E-state index contributed by atoms with van der Waals surface area (Å²) in [5, 5.41) is 10.9. The molecule has 0 aliphatic heterocycles.